The van der Waals surface area contributed by atoms with Crippen molar-refractivity contribution in [3.8, 4) is 56.3 Å². The molecule has 0 N–H and O–H groups in total. The lowest BCUT2D eigenvalue weighted by molar-refractivity contribution is 1.03. The molecule has 5 nitrogen and oxygen atoms in total. The van der Waals surface area contributed by atoms with E-state index in [0.29, 0.717) is 28.9 Å². The number of hydrogen-bond acceptors (Lipinski definition) is 5. The second-order valence-corrected chi connectivity index (χ2v) is 13.0. The van der Waals surface area contributed by atoms with Gasteiger partial charge in [0, 0.05) is 17.3 Å². The van der Waals surface area contributed by atoms with Crippen LogP contribution in [0.4, 0.5) is 5.69 Å². The lowest BCUT2D eigenvalue weighted by Crippen LogP contribution is -2.12. The predicted molar refractivity (Wildman–Crippen MR) is 220 cm³/mol. The molecule has 254 valence electrons. The van der Waals surface area contributed by atoms with Gasteiger partial charge in [-0.25, -0.2) is 19.9 Å². The summed E-state index contributed by atoms with van der Waals surface area (Å²) in [7, 11) is 0. The third-order valence-corrected chi connectivity index (χ3v) is 9.37. The number of hydrogen-bond donors (Lipinski definition) is 0. The van der Waals surface area contributed by atoms with E-state index in [1.165, 1.54) is 0 Å². The Hall–Kier alpha value is -7.37. The van der Waals surface area contributed by atoms with Crippen molar-refractivity contribution in [1.82, 2.24) is 19.9 Å². The zero-order valence-corrected chi connectivity index (χ0v) is 29.3. The molecule has 2 aromatic heterocycles. The summed E-state index contributed by atoms with van der Waals surface area (Å²) in [6.45, 7) is 0. The van der Waals surface area contributed by atoms with Crippen molar-refractivity contribution in [3.05, 3.63) is 212 Å². The number of nitrogens with zero attached hydrogens (tertiary/aromatic N) is 5. The Morgan fingerprint density at radius 1 is 0.370 bits per heavy atom. The Kier molecular flexibility index (Phi) is 8.86. The molecule has 0 amide bonds. The van der Waals surface area contributed by atoms with Crippen LogP contribution in [-0.2, 0) is 0 Å². The number of rotatable bonds is 8. The summed E-state index contributed by atoms with van der Waals surface area (Å²) in [4.78, 5) is 25.6. The summed E-state index contributed by atoms with van der Waals surface area (Å²) in [5, 5.41) is 2.25. The fraction of sp³-hybridized carbons (Fsp3) is 0. The summed E-state index contributed by atoms with van der Waals surface area (Å²) >= 11 is 0. The van der Waals surface area contributed by atoms with E-state index in [-0.39, 0.29) is 0 Å². The van der Waals surface area contributed by atoms with Crippen LogP contribution in [0.1, 0.15) is 11.4 Å². The highest BCUT2D eigenvalue weighted by Gasteiger charge is 2.19. The van der Waals surface area contributed by atoms with Gasteiger partial charge >= 0.3 is 0 Å². The van der Waals surface area contributed by atoms with E-state index in [2.05, 4.69) is 121 Å². The van der Waals surface area contributed by atoms with E-state index in [1.54, 1.807) is 0 Å². The van der Waals surface area contributed by atoms with Crippen molar-refractivity contribution in [2.24, 2.45) is 4.99 Å². The maximum Gasteiger partial charge on any atom is 0.183 e. The summed E-state index contributed by atoms with van der Waals surface area (Å²) in [5.41, 5.74) is 10.3. The van der Waals surface area contributed by atoms with Crippen LogP contribution in [0.25, 0.3) is 67.1 Å². The predicted octanol–water partition coefficient (Wildman–Crippen LogP) is 11.9. The molecule has 0 aliphatic rings. The highest BCUT2D eigenvalue weighted by Crippen LogP contribution is 2.33. The van der Waals surface area contributed by atoms with Crippen LogP contribution in [0.15, 0.2) is 205 Å². The molecule has 0 atom stereocenters. The van der Waals surface area contributed by atoms with Gasteiger partial charge in [-0.2, -0.15) is 0 Å². The molecule has 0 radical (unpaired) electrons. The molecule has 0 spiro atoms. The summed E-state index contributed by atoms with van der Waals surface area (Å²) < 4.78 is 0. The van der Waals surface area contributed by atoms with E-state index < -0.39 is 0 Å². The van der Waals surface area contributed by atoms with Gasteiger partial charge in [-0.15, -0.1) is 0 Å². The largest absolute Gasteiger partial charge is 0.253 e. The maximum atomic E-state index is 5.25. The van der Waals surface area contributed by atoms with Crippen molar-refractivity contribution in [1.29, 1.82) is 0 Å². The monoisotopic (exact) mass is 691 g/mol. The number of fused-ring (bicyclic) bond motifs is 1. The number of benzene rings is 7. The van der Waals surface area contributed by atoms with Crippen molar-refractivity contribution >= 4 is 22.2 Å². The number of para-hydroxylation sites is 1. The van der Waals surface area contributed by atoms with Crippen molar-refractivity contribution in [2.45, 2.75) is 0 Å². The van der Waals surface area contributed by atoms with E-state index >= 15 is 0 Å². The van der Waals surface area contributed by atoms with Crippen LogP contribution >= 0.6 is 0 Å². The first-order valence-corrected chi connectivity index (χ1v) is 17.9. The lowest BCUT2D eigenvalue weighted by atomic mass is 9.96. The van der Waals surface area contributed by atoms with Gasteiger partial charge < -0.3 is 0 Å². The first kappa shape index (κ1) is 32.5. The molecule has 9 rings (SSSR count). The average Bonchev–Trinajstić information content (AvgIpc) is 3.26. The van der Waals surface area contributed by atoms with Crippen LogP contribution in [0.5, 0.6) is 0 Å². The van der Waals surface area contributed by atoms with Crippen molar-refractivity contribution in [3.63, 3.8) is 0 Å². The number of aromatic nitrogens is 4. The second kappa shape index (κ2) is 14.7. The van der Waals surface area contributed by atoms with Crippen LogP contribution < -0.4 is 0 Å². The third kappa shape index (κ3) is 6.94. The van der Waals surface area contributed by atoms with Crippen LogP contribution in [0.2, 0.25) is 0 Å². The smallest absolute Gasteiger partial charge is 0.183 e. The molecule has 7 aromatic carbocycles. The fourth-order valence-electron chi connectivity index (χ4n) is 6.65. The average molecular weight is 692 g/mol. The molecule has 5 heteroatoms. The molecule has 0 aliphatic heterocycles. The van der Waals surface area contributed by atoms with Crippen molar-refractivity contribution < 1.29 is 0 Å². The normalized spacial score (nSPS) is 11.4. The molecule has 54 heavy (non-hydrogen) atoms. The Balaban J connectivity index is 1.30. The van der Waals surface area contributed by atoms with E-state index in [0.717, 1.165) is 61.0 Å². The Morgan fingerprint density at radius 2 is 0.907 bits per heavy atom. The zero-order valence-electron chi connectivity index (χ0n) is 29.3. The Labute approximate surface area is 314 Å². The number of pyridine rings is 1. The van der Waals surface area contributed by atoms with Gasteiger partial charge in [-0.3, -0.25) is 4.98 Å². The fourth-order valence-corrected chi connectivity index (χ4v) is 6.65. The van der Waals surface area contributed by atoms with E-state index in [9.17, 15) is 0 Å². The van der Waals surface area contributed by atoms with Gasteiger partial charge in [0.15, 0.2) is 17.5 Å². The molecular weight excluding hydrogens is 659 g/mol. The Bertz CT molecular complexity index is 2690. The zero-order chi connectivity index (χ0) is 36.1. The quantitative estimate of drug-likeness (QED) is 0.149. The summed E-state index contributed by atoms with van der Waals surface area (Å²) in [6, 6.07) is 66.3. The van der Waals surface area contributed by atoms with Gasteiger partial charge in [0.25, 0.3) is 0 Å². The minimum absolute atomic E-state index is 0.451. The van der Waals surface area contributed by atoms with Crippen LogP contribution in [0, 0.1) is 0 Å². The highest BCUT2D eigenvalue weighted by atomic mass is 15.1. The second-order valence-electron chi connectivity index (χ2n) is 13.0. The molecule has 0 unspecified atom stereocenters. The van der Waals surface area contributed by atoms with Crippen molar-refractivity contribution in [2.75, 3.05) is 0 Å². The summed E-state index contributed by atoms with van der Waals surface area (Å²) in [5.74, 6) is 1.44. The minimum atomic E-state index is 0.451. The first-order chi connectivity index (χ1) is 26.7. The first-order valence-electron chi connectivity index (χ1n) is 17.9. The number of aliphatic imine (C=N–C) groups is 1. The highest BCUT2D eigenvalue weighted by molar-refractivity contribution is 6.13. The lowest BCUT2D eigenvalue weighted by Gasteiger charge is -2.14. The van der Waals surface area contributed by atoms with Gasteiger partial charge in [0.2, 0.25) is 0 Å². The molecule has 0 aliphatic carbocycles. The summed E-state index contributed by atoms with van der Waals surface area (Å²) in [6.07, 6.45) is 1.81. The molecule has 0 saturated carbocycles. The standard InChI is InChI=1S/C49H33N5/c1-5-15-34(16-6-1)39-27-28-50-45(33-39)48-52-47(43-31-41(35-17-7-2-8-18-35)30-42(32-43)36-19-9-3-10-20-36)53-49(54-48)46(51-44-23-11-4-12-24-44)40-26-25-37-21-13-14-22-38(37)29-40/h1-33H. The topological polar surface area (TPSA) is 63.9 Å². The van der Waals surface area contributed by atoms with Gasteiger partial charge in [0.1, 0.15) is 11.4 Å². The molecular formula is C49H33N5. The molecule has 9 aromatic rings. The SMILES string of the molecule is c1ccc(N=C(c2ccc3ccccc3c2)c2nc(-c3cc(-c4ccccc4)cc(-c4ccccc4)c3)nc(-c3cc(-c4ccccc4)ccn3)n2)cc1. The third-order valence-electron chi connectivity index (χ3n) is 9.37. The van der Waals surface area contributed by atoms with Gasteiger partial charge in [0.05, 0.1) is 5.69 Å². The minimum Gasteiger partial charge on any atom is -0.253 e. The van der Waals surface area contributed by atoms with Gasteiger partial charge in [-0.1, -0.05) is 146 Å². The van der Waals surface area contributed by atoms with E-state index in [4.69, 9.17) is 24.9 Å². The van der Waals surface area contributed by atoms with E-state index in [1.807, 2.05) is 79.0 Å². The molecule has 0 saturated heterocycles. The molecule has 0 fully saturated rings. The van der Waals surface area contributed by atoms with Gasteiger partial charge in [-0.05, 0) is 92.7 Å². The van der Waals surface area contributed by atoms with Crippen LogP contribution in [0.3, 0.4) is 0 Å². The van der Waals surface area contributed by atoms with Crippen LogP contribution in [-0.4, -0.2) is 25.6 Å². The molecule has 0 bridgehead atoms. The maximum absolute atomic E-state index is 5.25. The molecule has 2 heterocycles. The Morgan fingerprint density at radius 3 is 1.56 bits per heavy atom.